The normalized spacial score (nSPS) is 10.4. The van der Waals surface area contributed by atoms with Gasteiger partial charge in [-0.05, 0) is 35.9 Å². The van der Waals surface area contributed by atoms with Crippen LogP contribution in [0.3, 0.4) is 0 Å². The van der Waals surface area contributed by atoms with Crippen molar-refractivity contribution < 1.29 is 18.8 Å². The Balaban J connectivity index is 1.64. The minimum Gasteiger partial charge on any atom is -0.457 e. The molecular formula is C17H12FN3O4. The van der Waals surface area contributed by atoms with E-state index in [1.54, 1.807) is 35.3 Å². The number of hydrogen-bond donors (Lipinski definition) is 0. The molecule has 0 unspecified atom stereocenters. The van der Waals surface area contributed by atoms with Gasteiger partial charge in [-0.2, -0.15) is 9.49 Å². The van der Waals surface area contributed by atoms with Gasteiger partial charge >= 0.3 is 11.7 Å². The molecule has 0 aliphatic heterocycles. The molecule has 3 rings (SSSR count). The van der Waals surface area contributed by atoms with Gasteiger partial charge in [0.2, 0.25) is 5.82 Å². The Labute approximate surface area is 141 Å². The Morgan fingerprint density at radius 2 is 2.00 bits per heavy atom. The number of carbonyl (C=O) groups excluding carboxylic acids is 1. The maximum atomic E-state index is 13.5. The molecule has 0 N–H and O–H groups in total. The van der Waals surface area contributed by atoms with Crippen LogP contribution in [0.2, 0.25) is 0 Å². The summed E-state index contributed by atoms with van der Waals surface area (Å²) in [5, 5.41) is 14.7. The molecule has 126 valence electrons. The fourth-order valence-electron chi connectivity index (χ4n) is 2.18. The summed E-state index contributed by atoms with van der Waals surface area (Å²) in [6.45, 7) is -0.00315. The van der Waals surface area contributed by atoms with Crippen molar-refractivity contribution in [2.24, 2.45) is 0 Å². The number of hydrogen-bond acceptors (Lipinski definition) is 5. The Hall–Kier alpha value is -3.55. The summed E-state index contributed by atoms with van der Waals surface area (Å²) >= 11 is 0. The molecule has 2 aromatic carbocycles. The molecule has 0 spiro atoms. The quantitative estimate of drug-likeness (QED) is 0.404. The minimum absolute atomic E-state index is 0.00315. The predicted octanol–water partition coefficient (Wildman–Crippen LogP) is 3.28. The van der Waals surface area contributed by atoms with Crippen LogP contribution in [-0.2, 0) is 11.3 Å². The standard InChI is InChI=1S/C17H12FN3O4/c18-15-10-13(4-7-16(15)21(23)24)17(22)25-11-12-2-5-14(6-3-12)20-9-1-8-19-20/h1-10H,11H2. The van der Waals surface area contributed by atoms with Crippen molar-refractivity contribution in [3.8, 4) is 5.69 Å². The SMILES string of the molecule is O=C(OCc1ccc(-n2cccn2)cc1)c1ccc([N+](=O)[O-])c(F)c1. The average molecular weight is 341 g/mol. The van der Waals surface area contributed by atoms with E-state index in [9.17, 15) is 19.3 Å². The first-order valence-electron chi connectivity index (χ1n) is 7.24. The van der Waals surface area contributed by atoms with E-state index in [1.807, 2.05) is 12.1 Å². The predicted molar refractivity (Wildman–Crippen MR) is 85.7 cm³/mol. The van der Waals surface area contributed by atoms with Gasteiger partial charge in [-0.15, -0.1) is 0 Å². The first kappa shape index (κ1) is 16.3. The Morgan fingerprint density at radius 3 is 2.60 bits per heavy atom. The lowest BCUT2D eigenvalue weighted by atomic mass is 10.2. The highest BCUT2D eigenvalue weighted by Gasteiger charge is 2.17. The van der Waals surface area contributed by atoms with E-state index in [1.165, 1.54) is 0 Å². The molecule has 0 saturated heterocycles. The smallest absolute Gasteiger partial charge is 0.338 e. The Kier molecular flexibility index (Phi) is 4.51. The van der Waals surface area contributed by atoms with Crippen LogP contribution in [-0.4, -0.2) is 20.7 Å². The molecule has 1 heterocycles. The number of carbonyl (C=O) groups is 1. The van der Waals surface area contributed by atoms with Gasteiger partial charge in [-0.3, -0.25) is 10.1 Å². The summed E-state index contributed by atoms with van der Waals surface area (Å²) in [6, 6.07) is 11.9. The lowest BCUT2D eigenvalue weighted by Crippen LogP contribution is -2.06. The number of ether oxygens (including phenoxy) is 1. The maximum absolute atomic E-state index is 13.5. The number of esters is 1. The third-order valence-electron chi connectivity index (χ3n) is 3.46. The largest absolute Gasteiger partial charge is 0.457 e. The first-order chi connectivity index (χ1) is 12.0. The highest BCUT2D eigenvalue weighted by molar-refractivity contribution is 5.89. The van der Waals surface area contributed by atoms with Crippen LogP contribution in [0, 0.1) is 15.9 Å². The molecule has 3 aromatic rings. The molecule has 0 bridgehead atoms. The first-order valence-corrected chi connectivity index (χ1v) is 7.24. The lowest BCUT2D eigenvalue weighted by molar-refractivity contribution is -0.387. The van der Waals surface area contributed by atoms with Gasteiger partial charge in [0.05, 0.1) is 16.2 Å². The number of aromatic nitrogens is 2. The van der Waals surface area contributed by atoms with Crippen LogP contribution in [0.1, 0.15) is 15.9 Å². The summed E-state index contributed by atoms with van der Waals surface area (Å²) < 4.78 is 20.3. The Bertz CT molecular complexity index is 908. The number of nitro groups is 1. The van der Waals surface area contributed by atoms with Crippen LogP contribution in [0.5, 0.6) is 0 Å². The zero-order valence-electron chi connectivity index (χ0n) is 12.8. The van der Waals surface area contributed by atoms with Crippen LogP contribution in [0.4, 0.5) is 10.1 Å². The maximum Gasteiger partial charge on any atom is 0.338 e. The molecule has 0 aliphatic carbocycles. The fourth-order valence-corrected chi connectivity index (χ4v) is 2.18. The van der Waals surface area contributed by atoms with Crippen LogP contribution < -0.4 is 0 Å². The number of nitrogens with zero attached hydrogens (tertiary/aromatic N) is 3. The van der Waals surface area contributed by atoms with Gasteiger partial charge in [-0.25, -0.2) is 9.48 Å². The van der Waals surface area contributed by atoms with E-state index in [0.717, 1.165) is 29.4 Å². The summed E-state index contributed by atoms with van der Waals surface area (Å²) in [4.78, 5) is 21.6. The second-order valence-electron chi connectivity index (χ2n) is 5.12. The summed E-state index contributed by atoms with van der Waals surface area (Å²) in [5.74, 6) is -1.84. The highest BCUT2D eigenvalue weighted by atomic mass is 19.1. The summed E-state index contributed by atoms with van der Waals surface area (Å²) in [6.07, 6.45) is 3.47. The van der Waals surface area contributed by atoms with E-state index >= 15 is 0 Å². The van der Waals surface area contributed by atoms with Crippen molar-refractivity contribution in [3.05, 3.63) is 88.0 Å². The summed E-state index contributed by atoms with van der Waals surface area (Å²) in [5.41, 5.74) is 0.825. The monoisotopic (exact) mass is 341 g/mol. The van der Waals surface area contributed by atoms with Gasteiger partial charge in [0.25, 0.3) is 0 Å². The fraction of sp³-hybridized carbons (Fsp3) is 0.0588. The van der Waals surface area contributed by atoms with E-state index < -0.39 is 22.4 Å². The second-order valence-corrected chi connectivity index (χ2v) is 5.12. The zero-order valence-corrected chi connectivity index (χ0v) is 12.8. The van der Waals surface area contributed by atoms with Gasteiger partial charge in [-0.1, -0.05) is 12.1 Å². The zero-order chi connectivity index (χ0) is 17.8. The molecule has 8 heteroatoms. The number of halogens is 1. The molecule has 0 atom stereocenters. The highest BCUT2D eigenvalue weighted by Crippen LogP contribution is 2.19. The van der Waals surface area contributed by atoms with E-state index in [-0.39, 0.29) is 12.2 Å². The average Bonchev–Trinajstić information content (AvgIpc) is 3.14. The number of nitro benzene ring substituents is 1. The minimum atomic E-state index is -1.08. The third-order valence-corrected chi connectivity index (χ3v) is 3.46. The molecule has 0 radical (unpaired) electrons. The van der Waals surface area contributed by atoms with Crippen molar-refractivity contribution in [1.29, 1.82) is 0 Å². The van der Waals surface area contributed by atoms with E-state index in [4.69, 9.17) is 4.74 Å². The van der Waals surface area contributed by atoms with Gasteiger partial charge in [0, 0.05) is 18.5 Å². The van der Waals surface area contributed by atoms with Gasteiger partial charge < -0.3 is 4.74 Å². The van der Waals surface area contributed by atoms with Crippen molar-refractivity contribution in [2.45, 2.75) is 6.61 Å². The molecule has 0 amide bonds. The molecule has 25 heavy (non-hydrogen) atoms. The van der Waals surface area contributed by atoms with Crippen molar-refractivity contribution in [2.75, 3.05) is 0 Å². The summed E-state index contributed by atoms with van der Waals surface area (Å²) in [7, 11) is 0. The van der Waals surface area contributed by atoms with Crippen LogP contribution >= 0.6 is 0 Å². The second kappa shape index (κ2) is 6.91. The lowest BCUT2D eigenvalue weighted by Gasteiger charge is -2.07. The van der Waals surface area contributed by atoms with Crippen molar-refractivity contribution >= 4 is 11.7 Å². The van der Waals surface area contributed by atoms with E-state index in [0.29, 0.717) is 0 Å². The molecule has 0 aliphatic rings. The topological polar surface area (TPSA) is 87.3 Å². The molecule has 1 aromatic heterocycles. The molecular weight excluding hydrogens is 329 g/mol. The number of benzene rings is 2. The molecule has 0 fully saturated rings. The molecule has 7 nitrogen and oxygen atoms in total. The molecule has 0 saturated carbocycles. The van der Waals surface area contributed by atoms with Crippen molar-refractivity contribution in [3.63, 3.8) is 0 Å². The third kappa shape index (κ3) is 3.69. The van der Waals surface area contributed by atoms with Crippen LogP contribution in [0.25, 0.3) is 5.69 Å². The van der Waals surface area contributed by atoms with E-state index in [2.05, 4.69) is 5.10 Å². The number of rotatable bonds is 5. The van der Waals surface area contributed by atoms with Gasteiger partial charge in [0.15, 0.2) is 0 Å². The van der Waals surface area contributed by atoms with Gasteiger partial charge in [0.1, 0.15) is 6.61 Å². The Morgan fingerprint density at radius 1 is 1.24 bits per heavy atom. The van der Waals surface area contributed by atoms with Crippen molar-refractivity contribution in [1.82, 2.24) is 9.78 Å². The van der Waals surface area contributed by atoms with Crippen LogP contribution in [0.15, 0.2) is 60.9 Å².